The summed E-state index contributed by atoms with van der Waals surface area (Å²) < 4.78 is 5.41. The number of aliphatic carboxylic acids is 1. The molecule has 0 amide bonds. The lowest BCUT2D eigenvalue weighted by atomic mass is 9.77. The average Bonchev–Trinajstić information content (AvgIpc) is 2.41. The van der Waals surface area contributed by atoms with Crippen molar-refractivity contribution in [2.75, 3.05) is 0 Å². The molecule has 2 rings (SSSR count). The Morgan fingerprint density at radius 2 is 1.95 bits per heavy atom. The maximum atomic E-state index is 12.4. The van der Waals surface area contributed by atoms with Crippen molar-refractivity contribution in [1.29, 1.82) is 0 Å². The molecule has 0 spiro atoms. The summed E-state index contributed by atoms with van der Waals surface area (Å²) >= 11 is 0. The van der Waals surface area contributed by atoms with Crippen molar-refractivity contribution in [3.05, 3.63) is 47.6 Å². The topological polar surface area (TPSA) is 63.6 Å². The third kappa shape index (κ3) is 2.33. The number of carbonyl (C=O) groups is 2. The van der Waals surface area contributed by atoms with Crippen LogP contribution in [-0.4, -0.2) is 23.1 Å². The van der Waals surface area contributed by atoms with Gasteiger partial charge in [0.15, 0.2) is 0 Å². The van der Waals surface area contributed by atoms with Crippen LogP contribution in [0.25, 0.3) is 0 Å². The molecule has 106 valence electrons. The largest absolute Gasteiger partial charge is 0.480 e. The van der Waals surface area contributed by atoms with Crippen molar-refractivity contribution in [3.8, 4) is 0 Å². The van der Waals surface area contributed by atoms with Gasteiger partial charge in [0.1, 0.15) is 6.10 Å². The zero-order chi connectivity index (χ0) is 14.8. The highest BCUT2D eigenvalue weighted by Crippen LogP contribution is 2.35. The van der Waals surface area contributed by atoms with E-state index < -0.39 is 23.5 Å². The lowest BCUT2D eigenvalue weighted by molar-refractivity contribution is -0.163. The van der Waals surface area contributed by atoms with Gasteiger partial charge in [-0.1, -0.05) is 30.4 Å². The predicted molar refractivity (Wildman–Crippen MR) is 75.0 cm³/mol. The summed E-state index contributed by atoms with van der Waals surface area (Å²) in [6.07, 6.45) is 11.5. The number of ether oxygens (including phenoxy) is 1. The standard InChI is InChI=1S/C16H18O4/c1-11-7-3-4-9-13(11)20-15(19)16(14(17)18)10-6-5-8-12(16)2/h4,6-10,13H,3,5H2,1-2H3,(H,17,18). The van der Waals surface area contributed by atoms with Crippen LogP contribution in [0.5, 0.6) is 0 Å². The number of allylic oxidation sites excluding steroid dienone is 4. The van der Waals surface area contributed by atoms with Gasteiger partial charge >= 0.3 is 11.9 Å². The van der Waals surface area contributed by atoms with Gasteiger partial charge < -0.3 is 9.84 Å². The van der Waals surface area contributed by atoms with E-state index in [1.807, 2.05) is 19.1 Å². The van der Waals surface area contributed by atoms with E-state index in [-0.39, 0.29) is 0 Å². The first-order valence-electron chi connectivity index (χ1n) is 6.61. The second kappa shape index (κ2) is 5.49. The number of hydrogen-bond acceptors (Lipinski definition) is 3. The van der Waals surface area contributed by atoms with E-state index in [0.29, 0.717) is 12.0 Å². The molecule has 2 atom stereocenters. The molecule has 0 aromatic rings. The molecule has 4 heteroatoms. The van der Waals surface area contributed by atoms with Gasteiger partial charge in [0.2, 0.25) is 5.41 Å². The normalized spacial score (nSPS) is 28.6. The fourth-order valence-corrected chi connectivity index (χ4v) is 2.40. The van der Waals surface area contributed by atoms with Crippen LogP contribution < -0.4 is 0 Å². The lowest BCUT2D eigenvalue weighted by Crippen LogP contribution is -2.42. The minimum Gasteiger partial charge on any atom is -0.480 e. The molecule has 0 fully saturated rings. The van der Waals surface area contributed by atoms with Crippen molar-refractivity contribution >= 4 is 11.9 Å². The van der Waals surface area contributed by atoms with Crippen LogP contribution in [0.4, 0.5) is 0 Å². The summed E-state index contributed by atoms with van der Waals surface area (Å²) in [6, 6.07) is 0. The first-order chi connectivity index (χ1) is 9.48. The molecule has 0 saturated carbocycles. The number of esters is 1. The predicted octanol–water partition coefficient (Wildman–Crippen LogP) is 2.78. The SMILES string of the molecule is CC1=CCC=CC1OC(=O)C1(C(=O)O)C=CCC=C1C. The van der Waals surface area contributed by atoms with E-state index in [9.17, 15) is 14.7 Å². The zero-order valence-electron chi connectivity index (χ0n) is 11.6. The molecule has 2 unspecified atom stereocenters. The monoisotopic (exact) mass is 274 g/mol. The number of carbonyl (C=O) groups excluding carboxylic acids is 1. The van der Waals surface area contributed by atoms with Crippen LogP contribution in [0.3, 0.4) is 0 Å². The maximum Gasteiger partial charge on any atom is 0.332 e. The van der Waals surface area contributed by atoms with Crippen LogP contribution in [0.15, 0.2) is 47.6 Å². The van der Waals surface area contributed by atoms with Crippen LogP contribution in [0.1, 0.15) is 26.7 Å². The van der Waals surface area contributed by atoms with E-state index in [1.165, 1.54) is 6.08 Å². The summed E-state index contributed by atoms with van der Waals surface area (Å²) in [7, 11) is 0. The van der Waals surface area contributed by atoms with Crippen LogP contribution in [-0.2, 0) is 14.3 Å². The Morgan fingerprint density at radius 1 is 1.25 bits per heavy atom. The first kappa shape index (κ1) is 14.3. The molecule has 0 aliphatic heterocycles. The average molecular weight is 274 g/mol. The molecule has 20 heavy (non-hydrogen) atoms. The molecule has 1 N–H and O–H groups in total. The Hall–Kier alpha value is -2.10. The number of carboxylic acid groups (broad SMARTS) is 1. The van der Waals surface area contributed by atoms with Crippen molar-refractivity contribution in [2.45, 2.75) is 32.8 Å². The van der Waals surface area contributed by atoms with Gasteiger partial charge in [-0.25, -0.2) is 0 Å². The van der Waals surface area contributed by atoms with Gasteiger partial charge in [-0.3, -0.25) is 9.59 Å². The van der Waals surface area contributed by atoms with E-state index in [1.54, 1.807) is 25.2 Å². The number of hydrogen-bond donors (Lipinski definition) is 1. The van der Waals surface area contributed by atoms with Gasteiger partial charge in [0.05, 0.1) is 0 Å². The second-order valence-electron chi connectivity index (χ2n) is 5.08. The number of carboxylic acids is 1. The molecular formula is C16H18O4. The quantitative estimate of drug-likeness (QED) is 0.488. The highest BCUT2D eigenvalue weighted by atomic mass is 16.5. The van der Waals surface area contributed by atoms with E-state index in [0.717, 1.165) is 12.0 Å². The Bertz CT molecular complexity index is 551. The van der Waals surface area contributed by atoms with Gasteiger partial charge in [0, 0.05) is 0 Å². The zero-order valence-corrected chi connectivity index (χ0v) is 11.6. The fourth-order valence-electron chi connectivity index (χ4n) is 2.40. The molecule has 0 saturated heterocycles. The molecular weight excluding hydrogens is 256 g/mol. The first-order valence-corrected chi connectivity index (χ1v) is 6.61. The Labute approximate surface area is 118 Å². The number of rotatable bonds is 3. The fraction of sp³-hybridized carbons (Fsp3) is 0.375. The van der Waals surface area contributed by atoms with Crippen LogP contribution in [0, 0.1) is 5.41 Å². The maximum absolute atomic E-state index is 12.4. The summed E-state index contributed by atoms with van der Waals surface area (Å²) in [4.78, 5) is 24.1. The van der Waals surface area contributed by atoms with Crippen molar-refractivity contribution < 1.29 is 19.4 Å². The molecule has 4 nitrogen and oxygen atoms in total. The molecule has 2 aliphatic carbocycles. The van der Waals surface area contributed by atoms with E-state index in [2.05, 4.69) is 0 Å². The Morgan fingerprint density at radius 3 is 2.55 bits per heavy atom. The van der Waals surface area contributed by atoms with E-state index in [4.69, 9.17) is 4.74 Å². The molecule has 2 aliphatic rings. The summed E-state index contributed by atoms with van der Waals surface area (Å²) in [5.41, 5.74) is -0.272. The minimum absolute atomic E-state index is 0.476. The highest BCUT2D eigenvalue weighted by molar-refractivity contribution is 6.05. The van der Waals surface area contributed by atoms with Crippen molar-refractivity contribution in [3.63, 3.8) is 0 Å². The van der Waals surface area contributed by atoms with Crippen molar-refractivity contribution in [2.24, 2.45) is 5.41 Å². The van der Waals surface area contributed by atoms with Gasteiger partial charge in [-0.15, -0.1) is 0 Å². The summed E-state index contributed by atoms with van der Waals surface area (Å²) in [5.74, 6) is -1.94. The van der Waals surface area contributed by atoms with Crippen molar-refractivity contribution in [1.82, 2.24) is 0 Å². The highest BCUT2D eigenvalue weighted by Gasteiger charge is 2.48. The van der Waals surface area contributed by atoms with E-state index >= 15 is 0 Å². The Kier molecular flexibility index (Phi) is 3.93. The van der Waals surface area contributed by atoms with Gasteiger partial charge in [-0.05, 0) is 43.9 Å². The minimum atomic E-state index is -1.69. The molecule has 0 aromatic heterocycles. The third-order valence-corrected chi connectivity index (χ3v) is 3.78. The molecule has 0 heterocycles. The third-order valence-electron chi connectivity index (χ3n) is 3.78. The summed E-state index contributed by atoms with van der Waals surface area (Å²) in [5, 5.41) is 9.50. The molecule has 0 bridgehead atoms. The smallest absolute Gasteiger partial charge is 0.332 e. The second-order valence-corrected chi connectivity index (χ2v) is 5.08. The van der Waals surface area contributed by atoms with Gasteiger partial charge in [0.25, 0.3) is 0 Å². The van der Waals surface area contributed by atoms with Crippen LogP contribution >= 0.6 is 0 Å². The van der Waals surface area contributed by atoms with Gasteiger partial charge in [-0.2, -0.15) is 0 Å². The molecule has 0 radical (unpaired) electrons. The van der Waals surface area contributed by atoms with Crippen LogP contribution in [0.2, 0.25) is 0 Å². The Balaban J connectivity index is 2.27. The summed E-state index contributed by atoms with van der Waals surface area (Å²) in [6.45, 7) is 3.52. The lowest BCUT2D eigenvalue weighted by Gasteiger charge is -2.29. The molecule has 0 aromatic carbocycles.